The highest BCUT2D eigenvalue weighted by Crippen LogP contribution is 2.22. The molecule has 0 saturated carbocycles. The molecule has 2 heteroatoms. The summed E-state index contributed by atoms with van der Waals surface area (Å²) in [6.07, 6.45) is 8.70. The van der Waals surface area contributed by atoms with Crippen LogP contribution in [0, 0.1) is 0 Å². The molecule has 1 unspecified atom stereocenters. The van der Waals surface area contributed by atoms with Gasteiger partial charge in [0.2, 0.25) is 0 Å². The van der Waals surface area contributed by atoms with Gasteiger partial charge in [0, 0.05) is 6.10 Å². The first-order valence-corrected chi connectivity index (χ1v) is 8.08. The molecule has 1 rings (SSSR count). The highest BCUT2D eigenvalue weighted by Gasteiger charge is 2.26. The van der Waals surface area contributed by atoms with Crippen LogP contribution < -0.4 is 0 Å². The van der Waals surface area contributed by atoms with Gasteiger partial charge in [0.25, 0.3) is 0 Å². The van der Waals surface area contributed by atoms with Crippen LogP contribution in [0.2, 0.25) is 19.1 Å². The maximum absolute atomic E-state index is 6.12. The minimum atomic E-state index is -1.33. The molecule has 0 amide bonds. The average Bonchev–Trinajstić information content (AvgIpc) is 2.11. The van der Waals surface area contributed by atoms with Crippen molar-refractivity contribution in [1.29, 1.82) is 0 Å². The van der Waals surface area contributed by atoms with E-state index in [2.05, 4.69) is 32.2 Å². The lowest BCUT2D eigenvalue weighted by molar-refractivity contribution is 0.186. The van der Waals surface area contributed by atoms with Crippen molar-refractivity contribution in [3.05, 3.63) is 12.2 Å². The third-order valence-electron chi connectivity index (χ3n) is 2.27. The number of rotatable bonds is 2. The highest BCUT2D eigenvalue weighted by atomic mass is 28.4. The third kappa shape index (κ3) is 3.11. The molecule has 70 valence electrons. The van der Waals surface area contributed by atoms with Gasteiger partial charge in [-0.3, -0.25) is 0 Å². The zero-order valence-corrected chi connectivity index (χ0v) is 9.47. The molecule has 1 aliphatic rings. The standard InChI is InChI=1S/C10H20OSi/c1-4-7-10-8-5-6-9-12(2,3)11-10/h5-6,10H,4,7-9H2,1-3H3. The Labute approximate surface area is 76.9 Å². The van der Waals surface area contributed by atoms with Crippen molar-refractivity contribution >= 4 is 8.32 Å². The molecule has 0 aromatic carbocycles. The summed E-state index contributed by atoms with van der Waals surface area (Å²) >= 11 is 0. The first-order valence-electron chi connectivity index (χ1n) is 4.97. The van der Waals surface area contributed by atoms with E-state index in [-0.39, 0.29) is 0 Å². The van der Waals surface area contributed by atoms with Crippen molar-refractivity contribution < 1.29 is 4.43 Å². The Morgan fingerprint density at radius 1 is 1.42 bits per heavy atom. The van der Waals surface area contributed by atoms with Gasteiger partial charge in [-0.2, -0.15) is 0 Å². The monoisotopic (exact) mass is 184 g/mol. The van der Waals surface area contributed by atoms with E-state index < -0.39 is 8.32 Å². The lowest BCUT2D eigenvalue weighted by Crippen LogP contribution is -2.33. The minimum Gasteiger partial charge on any atom is -0.414 e. The molecule has 0 spiro atoms. The summed E-state index contributed by atoms with van der Waals surface area (Å²) in [5.41, 5.74) is 0. The summed E-state index contributed by atoms with van der Waals surface area (Å²) in [7, 11) is -1.33. The second kappa shape index (κ2) is 4.24. The first kappa shape index (κ1) is 10.0. The van der Waals surface area contributed by atoms with Crippen LogP contribution in [0.1, 0.15) is 26.2 Å². The summed E-state index contributed by atoms with van der Waals surface area (Å²) in [5.74, 6) is 0. The average molecular weight is 184 g/mol. The van der Waals surface area contributed by atoms with Crippen molar-refractivity contribution in [1.82, 2.24) is 0 Å². The molecule has 0 radical (unpaired) electrons. The van der Waals surface area contributed by atoms with E-state index in [1.165, 1.54) is 18.9 Å². The number of hydrogen-bond acceptors (Lipinski definition) is 1. The summed E-state index contributed by atoms with van der Waals surface area (Å²) in [4.78, 5) is 0. The van der Waals surface area contributed by atoms with Gasteiger partial charge in [-0.15, -0.1) is 0 Å². The predicted octanol–water partition coefficient (Wildman–Crippen LogP) is 3.34. The maximum atomic E-state index is 6.12. The van der Waals surface area contributed by atoms with E-state index in [0.717, 1.165) is 6.42 Å². The Hall–Kier alpha value is -0.0831. The first-order chi connectivity index (χ1) is 5.64. The van der Waals surface area contributed by atoms with Gasteiger partial charge in [-0.1, -0.05) is 25.5 Å². The van der Waals surface area contributed by atoms with E-state index in [0.29, 0.717) is 6.10 Å². The van der Waals surface area contributed by atoms with Crippen molar-refractivity contribution in [3.63, 3.8) is 0 Å². The molecule has 0 aliphatic carbocycles. The Bertz CT molecular complexity index is 163. The predicted molar refractivity (Wildman–Crippen MR) is 55.8 cm³/mol. The highest BCUT2D eigenvalue weighted by molar-refractivity contribution is 6.71. The molecule has 1 atom stereocenters. The van der Waals surface area contributed by atoms with Crippen molar-refractivity contribution in [2.45, 2.75) is 51.4 Å². The lowest BCUT2D eigenvalue weighted by atomic mass is 10.1. The fourth-order valence-electron chi connectivity index (χ4n) is 1.66. The van der Waals surface area contributed by atoms with Crippen LogP contribution in [0.5, 0.6) is 0 Å². The molecule has 0 aromatic heterocycles. The summed E-state index contributed by atoms with van der Waals surface area (Å²) in [5, 5.41) is 0. The van der Waals surface area contributed by atoms with E-state index >= 15 is 0 Å². The van der Waals surface area contributed by atoms with Gasteiger partial charge in [0.05, 0.1) is 0 Å². The van der Waals surface area contributed by atoms with Gasteiger partial charge in [-0.05, 0) is 32.0 Å². The quantitative estimate of drug-likeness (QED) is 0.472. The van der Waals surface area contributed by atoms with Gasteiger partial charge in [0.1, 0.15) is 0 Å². The normalized spacial score (nSPS) is 28.4. The largest absolute Gasteiger partial charge is 0.414 e. The van der Waals surface area contributed by atoms with Crippen LogP contribution in [0.25, 0.3) is 0 Å². The smallest absolute Gasteiger partial charge is 0.190 e. The van der Waals surface area contributed by atoms with Crippen molar-refractivity contribution in [3.8, 4) is 0 Å². The van der Waals surface area contributed by atoms with E-state index in [4.69, 9.17) is 4.43 Å². The Morgan fingerprint density at radius 3 is 2.83 bits per heavy atom. The molecular weight excluding hydrogens is 164 g/mol. The van der Waals surface area contributed by atoms with Crippen molar-refractivity contribution in [2.75, 3.05) is 0 Å². The van der Waals surface area contributed by atoms with Gasteiger partial charge < -0.3 is 4.43 Å². The molecule has 0 aromatic rings. The van der Waals surface area contributed by atoms with Crippen molar-refractivity contribution in [2.24, 2.45) is 0 Å². The zero-order chi connectivity index (χ0) is 9.03. The molecule has 1 nitrogen and oxygen atoms in total. The van der Waals surface area contributed by atoms with E-state index in [9.17, 15) is 0 Å². The second-order valence-electron chi connectivity index (χ2n) is 4.20. The molecule has 0 fully saturated rings. The molecule has 0 bridgehead atoms. The van der Waals surface area contributed by atoms with Gasteiger partial charge in [0.15, 0.2) is 8.32 Å². The van der Waals surface area contributed by atoms with E-state index in [1.807, 2.05) is 0 Å². The summed E-state index contributed by atoms with van der Waals surface area (Å²) in [6.45, 7) is 6.85. The van der Waals surface area contributed by atoms with Crippen LogP contribution in [0.15, 0.2) is 12.2 Å². The summed E-state index contributed by atoms with van der Waals surface area (Å²) in [6, 6.07) is 1.19. The third-order valence-corrected chi connectivity index (χ3v) is 4.46. The maximum Gasteiger partial charge on any atom is 0.190 e. The van der Waals surface area contributed by atoms with Crippen LogP contribution in [0.3, 0.4) is 0 Å². The minimum absolute atomic E-state index is 0.510. The number of hydrogen-bond donors (Lipinski definition) is 0. The summed E-state index contributed by atoms with van der Waals surface area (Å²) < 4.78 is 6.12. The molecule has 0 N–H and O–H groups in total. The van der Waals surface area contributed by atoms with E-state index in [1.54, 1.807) is 0 Å². The Morgan fingerprint density at radius 2 is 2.17 bits per heavy atom. The molecule has 0 saturated heterocycles. The SMILES string of the molecule is CCCC1CC=CC[Si](C)(C)O1. The Kier molecular flexibility index (Phi) is 3.53. The second-order valence-corrected chi connectivity index (χ2v) is 8.36. The van der Waals surface area contributed by atoms with Crippen LogP contribution in [0.4, 0.5) is 0 Å². The van der Waals surface area contributed by atoms with Gasteiger partial charge in [-0.25, -0.2) is 0 Å². The fourth-order valence-corrected chi connectivity index (χ4v) is 3.61. The van der Waals surface area contributed by atoms with Gasteiger partial charge >= 0.3 is 0 Å². The topological polar surface area (TPSA) is 9.23 Å². The van der Waals surface area contributed by atoms with Crippen LogP contribution in [-0.4, -0.2) is 14.4 Å². The molecule has 1 heterocycles. The van der Waals surface area contributed by atoms with Crippen LogP contribution >= 0.6 is 0 Å². The Balaban J connectivity index is 2.50. The molecule has 1 aliphatic heterocycles. The number of allylic oxidation sites excluding steroid dienone is 1. The molecule has 12 heavy (non-hydrogen) atoms. The lowest BCUT2D eigenvalue weighted by Gasteiger charge is -2.25. The molecular formula is C10H20OSi. The zero-order valence-electron chi connectivity index (χ0n) is 8.47. The fraction of sp³-hybridized carbons (Fsp3) is 0.800. The van der Waals surface area contributed by atoms with Crippen LogP contribution in [-0.2, 0) is 4.43 Å².